The summed E-state index contributed by atoms with van der Waals surface area (Å²) < 4.78 is 23.1. The fourth-order valence-electron chi connectivity index (χ4n) is 0.959. The Morgan fingerprint density at radius 1 is 1.31 bits per heavy atom. The molecule has 0 unspecified atom stereocenters. The molecule has 0 saturated carbocycles. The summed E-state index contributed by atoms with van der Waals surface area (Å²) in [6.07, 6.45) is 1.59. The van der Waals surface area contributed by atoms with Crippen LogP contribution in [-0.2, 0) is 10.0 Å². The van der Waals surface area contributed by atoms with E-state index in [0.29, 0.717) is 0 Å². The standard InChI is InChI=1S/C9H11N3O3S/c1-2-7-3-5-8(6-4-7)16(14,15)12-11-9(10)13/h2-6,12H,1H2,(H3,10,11,13). The fraction of sp³-hybridized carbons (Fsp3) is 0. The zero-order valence-corrected chi connectivity index (χ0v) is 9.12. The van der Waals surface area contributed by atoms with E-state index in [0.717, 1.165) is 5.56 Å². The first-order valence-corrected chi connectivity index (χ1v) is 5.74. The lowest BCUT2D eigenvalue weighted by Crippen LogP contribution is -2.44. The van der Waals surface area contributed by atoms with Crippen molar-refractivity contribution in [2.75, 3.05) is 0 Å². The Labute approximate surface area is 93.2 Å². The number of primary amides is 1. The monoisotopic (exact) mass is 241 g/mol. The van der Waals surface area contributed by atoms with E-state index in [4.69, 9.17) is 5.73 Å². The Morgan fingerprint density at radius 2 is 1.88 bits per heavy atom. The van der Waals surface area contributed by atoms with Crippen LogP contribution in [0.4, 0.5) is 4.79 Å². The number of hydrogen-bond donors (Lipinski definition) is 3. The molecule has 1 aromatic rings. The van der Waals surface area contributed by atoms with Gasteiger partial charge in [0.05, 0.1) is 4.90 Å². The molecule has 0 fully saturated rings. The molecule has 1 rings (SSSR count). The van der Waals surface area contributed by atoms with Gasteiger partial charge < -0.3 is 5.73 Å². The van der Waals surface area contributed by atoms with Gasteiger partial charge in [0.15, 0.2) is 0 Å². The van der Waals surface area contributed by atoms with Gasteiger partial charge in [0.25, 0.3) is 10.0 Å². The van der Waals surface area contributed by atoms with Gasteiger partial charge in [-0.3, -0.25) is 5.43 Å². The maximum atomic E-state index is 11.5. The Hall–Kier alpha value is -1.86. The van der Waals surface area contributed by atoms with Crippen LogP contribution in [0.2, 0.25) is 0 Å². The molecule has 0 aromatic heterocycles. The van der Waals surface area contributed by atoms with Gasteiger partial charge in [-0.05, 0) is 17.7 Å². The summed E-state index contributed by atoms with van der Waals surface area (Å²) in [6, 6.07) is 4.98. The normalized spacial score (nSPS) is 10.8. The fourth-order valence-corrected chi connectivity index (χ4v) is 1.81. The van der Waals surface area contributed by atoms with Gasteiger partial charge in [-0.25, -0.2) is 13.2 Å². The molecule has 4 N–H and O–H groups in total. The highest BCUT2D eigenvalue weighted by Crippen LogP contribution is 2.10. The van der Waals surface area contributed by atoms with E-state index in [-0.39, 0.29) is 4.90 Å². The van der Waals surface area contributed by atoms with Crippen LogP contribution in [0.1, 0.15) is 5.56 Å². The van der Waals surface area contributed by atoms with E-state index in [1.165, 1.54) is 12.1 Å². The van der Waals surface area contributed by atoms with Gasteiger partial charge in [-0.15, -0.1) is 4.83 Å². The topological polar surface area (TPSA) is 101 Å². The molecule has 6 nitrogen and oxygen atoms in total. The first kappa shape index (κ1) is 12.2. The number of carbonyl (C=O) groups is 1. The van der Waals surface area contributed by atoms with E-state index in [9.17, 15) is 13.2 Å². The van der Waals surface area contributed by atoms with Crippen LogP contribution < -0.4 is 16.0 Å². The number of hydrazine groups is 1. The zero-order chi connectivity index (χ0) is 12.2. The third-order valence-corrected chi connectivity index (χ3v) is 3.00. The Kier molecular flexibility index (Phi) is 3.64. The van der Waals surface area contributed by atoms with E-state index in [1.54, 1.807) is 23.6 Å². The molecule has 0 aliphatic heterocycles. The van der Waals surface area contributed by atoms with E-state index in [1.807, 2.05) is 4.83 Å². The van der Waals surface area contributed by atoms with Crippen LogP contribution in [0.15, 0.2) is 35.7 Å². The molecule has 1 aromatic carbocycles. The third kappa shape index (κ3) is 3.07. The lowest BCUT2D eigenvalue weighted by molar-refractivity contribution is 0.247. The molecule has 0 spiro atoms. The number of nitrogens with two attached hydrogens (primary N) is 1. The summed E-state index contributed by atoms with van der Waals surface area (Å²) in [5.74, 6) is 0. The van der Waals surface area contributed by atoms with Crippen molar-refractivity contribution in [3.63, 3.8) is 0 Å². The number of amides is 2. The molecule has 0 radical (unpaired) electrons. The number of rotatable bonds is 4. The van der Waals surface area contributed by atoms with Crippen molar-refractivity contribution in [1.29, 1.82) is 0 Å². The van der Waals surface area contributed by atoms with Gasteiger partial charge >= 0.3 is 6.03 Å². The van der Waals surface area contributed by atoms with Crippen LogP contribution in [-0.4, -0.2) is 14.4 Å². The minimum atomic E-state index is -3.78. The molecular weight excluding hydrogens is 230 g/mol. The number of nitrogens with one attached hydrogen (secondary N) is 2. The lowest BCUT2D eigenvalue weighted by atomic mass is 10.2. The van der Waals surface area contributed by atoms with Crippen LogP contribution in [0.5, 0.6) is 0 Å². The number of hydrogen-bond acceptors (Lipinski definition) is 3. The molecule has 0 bridgehead atoms. The van der Waals surface area contributed by atoms with Gasteiger partial charge in [-0.1, -0.05) is 24.8 Å². The molecule has 0 aliphatic carbocycles. The van der Waals surface area contributed by atoms with E-state index >= 15 is 0 Å². The Balaban J connectivity index is 2.89. The van der Waals surface area contributed by atoms with Crippen molar-refractivity contribution in [1.82, 2.24) is 10.3 Å². The number of carbonyl (C=O) groups excluding carboxylic acids is 1. The Morgan fingerprint density at radius 3 is 2.31 bits per heavy atom. The van der Waals surface area contributed by atoms with Crippen molar-refractivity contribution in [3.05, 3.63) is 36.4 Å². The van der Waals surface area contributed by atoms with Crippen molar-refractivity contribution < 1.29 is 13.2 Å². The van der Waals surface area contributed by atoms with Crippen molar-refractivity contribution >= 4 is 22.1 Å². The number of sulfonamides is 1. The van der Waals surface area contributed by atoms with Gasteiger partial charge in [0, 0.05) is 0 Å². The van der Waals surface area contributed by atoms with Gasteiger partial charge in [-0.2, -0.15) is 0 Å². The minimum absolute atomic E-state index is 0.0202. The quantitative estimate of drug-likeness (QED) is 0.656. The molecular formula is C9H11N3O3S. The maximum Gasteiger partial charge on any atom is 0.327 e. The summed E-state index contributed by atoms with van der Waals surface area (Å²) in [7, 11) is -3.78. The first-order chi connectivity index (χ1) is 7.45. The number of benzene rings is 1. The average Bonchev–Trinajstić information content (AvgIpc) is 2.27. The van der Waals surface area contributed by atoms with Gasteiger partial charge in [0.2, 0.25) is 0 Å². The average molecular weight is 241 g/mol. The summed E-state index contributed by atoms with van der Waals surface area (Å²) in [4.78, 5) is 12.2. The lowest BCUT2D eigenvalue weighted by Gasteiger charge is -2.06. The molecule has 16 heavy (non-hydrogen) atoms. The van der Waals surface area contributed by atoms with Crippen LogP contribution in [0.3, 0.4) is 0 Å². The summed E-state index contributed by atoms with van der Waals surface area (Å²) in [5, 5.41) is 0. The molecule has 0 aliphatic rings. The van der Waals surface area contributed by atoms with Crippen LogP contribution in [0.25, 0.3) is 6.08 Å². The highest BCUT2D eigenvalue weighted by Gasteiger charge is 2.13. The van der Waals surface area contributed by atoms with Crippen LogP contribution >= 0.6 is 0 Å². The second-order valence-corrected chi connectivity index (χ2v) is 4.55. The minimum Gasteiger partial charge on any atom is -0.351 e. The SMILES string of the molecule is C=Cc1ccc(S(=O)(=O)NNC(N)=O)cc1. The summed E-state index contributed by atoms with van der Waals surface area (Å²) in [5.41, 5.74) is 7.32. The third-order valence-electron chi connectivity index (χ3n) is 1.73. The molecule has 0 saturated heterocycles. The van der Waals surface area contributed by atoms with Crippen molar-refractivity contribution in [2.24, 2.45) is 5.73 Å². The Bertz CT molecular complexity index is 493. The molecule has 0 atom stereocenters. The highest BCUT2D eigenvalue weighted by atomic mass is 32.2. The zero-order valence-electron chi connectivity index (χ0n) is 8.30. The molecule has 86 valence electrons. The second kappa shape index (κ2) is 4.77. The predicted molar refractivity (Wildman–Crippen MR) is 59.6 cm³/mol. The van der Waals surface area contributed by atoms with Crippen molar-refractivity contribution in [2.45, 2.75) is 4.90 Å². The van der Waals surface area contributed by atoms with Gasteiger partial charge in [0.1, 0.15) is 0 Å². The van der Waals surface area contributed by atoms with Crippen LogP contribution in [0, 0.1) is 0 Å². The molecule has 0 heterocycles. The second-order valence-electron chi connectivity index (χ2n) is 2.87. The van der Waals surface area contributed by atoms with Crippen molar-refractivity contribution in [3.8, 4) is 0 Å². The molecule has 7 heteroatoms. The summed E-state index contributed by atoms with van der Waals surface area (Å²) >= 11 is 0. The molecule has 2 amide bonds. The van der Waals surface area contributed by atoms with E-state index < -0.39 is 16.1 Å². The smallest absolute Gasteiger partial charge is 0.327 e. The first-order valence-electron chi connectivity index (χ1n) is 4.25. The largest absolute Gasteiger partial charge is 0.351 e. The predicted octanol–water partition coefficient (Wildman–Crippen LogP) is 0.191. The number of urea groups is 1. The highest BCUT2D eigenvalue weighted by molar-refractivity contribution is 7.89. The van der Waals surface area contributed by atoms with E-state index in [2.05, 4.69) is 6.58 Å². The summed E-state index contributed by atoms with van der Waals surface area (Å²) in [6.45, 7) is 3.54. The maximum absolute atomic E-state index is 11.5.